The number of benzene rings is 2. The zero-order valence-electron chi connectivity index (χ0n) is 19.3. The van der Waals surface area contributed by atoms with Crippen molar-refractivity contribution in [3.05, 3.63) is 63.4 Å². The van der Waals surface area contributed by atoms with E-state index in [9.17, 15) is 9.59 Å². The maximum Gasteiger partial charge on any atom is 0.254 e. The Morgan fingerprint density at radius 2 is 1.72 bits per heavy atom. The van der Waals surface area contributed by atoms with Crippen LogP contribution < -0.4 is 19.8 Å². The Balaban J connectivity index is 2.00. The minimum absolute atomic E-state index is 0.189. The summed E-state index contributed by atoms with van der Waals surface area (Å²) in [6, 6.07) is 11.0. The molecule has 1 heterocycles. The second kappa shape index (κ2) is 10.2. The number of carbonyl (C=O) groups is 1. The van der Waals surface area contributed by atoms with Crippen LogP contribution in [0.15, 0.2) is 41.2 Å². The average molecular weight is 439 g/mol. The van der Waals surface area contributed by atoms with Crippen molar-refractivity contribution in [1.29, 1.82) is 0 Å². The number of hydrogen-bond acceptors (Lipinski definition) is 5. The van der Waals surface area contributed by atoms with Crippen molar-refractivity contribution in [2.24, 2.45) is 0 Å². The van der Waals surface area contributed by atoms with E-state index in [1.165, 1.54) is 21.3 Å². The van der Waals surface area contributed by atoms with Gasteiger partial charge in [-0.05, 0) is 42.5 Å². The number of unbranched alkanes of at least 4 members (excludes halogenated alkanes) is 1. The van der Waals surface area contributed by atoms with E-state index in [-0.39, 0.29) is 18.0 Å². The Kier molecular flexibility index (Phi) is 7.41. The number of hydrogen-bond donors (Lipinski definition) is 1. The quantitative estimate of drug-likeness (QED) is 0.539. The van der Waals surface area contributed by atoms with Gasteiger partial charge in [0.2, 0.25) is 5.75 Å². The van der Waals surface area contributed by atoms with E-state index in [0.29, 0.717) is 34.9 Å². The number of aryl methyl sites for hydroxylation is 1. The molecule has 0 aliphatic rings. The van der Waals surface area contributed by atoms with Crippen LogP contribution in [0.4, 0.5) is 0 Å². The Morgan fingerprint density at radius 3 is 2.31 bits per heavy atom. The Bertz CT molecular complexity index is 1140. The summed E-state index contributed by atoms with van der Waals surface area (Å²) in [6.45, 7) is 4.75. The van der Waals surface area contributed by atoms with E-state index in [1.54, 1.807) is 17.0 Å². The lowest BCUT2D eigenvalue weighted by molar-refractivity contribution is 0.0739. The summed E-state index contributed by atoms with van der Waals surface area (Å²) in [5, 5.41) is 0.940. The van der Waals surface area contributed by atoms with Crippen molar-refractivity contribution in [3.63, 3.8) is 0 Å². The highest BCUT2D eigenvalue weighted by Gasteiger charge is 2.22. The number of fused-ring (bicyclic) bond motifs is 1. The number of nitrogens with zero attached hydrogens (tertiary/aromatic N) is 1. The van der Waals surface area contributed by atoms with Crippen LogP contribution >= 0.6 is 0 Å². The van der Waals surface area contributed by atoms with E-state index in [1.807, 2.05) is 31.2 Å². The van der Waals surface area contributed by atoms with Crippen LogP contribution in [0.1, 0.15) is 41.3 Å². The molecule has 0 aliphatic heterocycles. The van der Waals surface area contributed by atoms with E-state index < -0.39 is 0 Å². The molecule has 0 spiro atoms. The Labute approximate surface area is 187 Å². The van der Waals surface area contributed by atoms with E-state index in [4.69, 9.17) is 14.2 Å². The highest BCUT2D eigenvalue weighted by Crippen LogP contribution is 2.38. The lowest BCUT2D eigenvalue weighted by Gasteiger charge is -2.23. The second-order valence-corrected chi connectivity index (χ2v) is 7.66. The van der Waals surface area contributed by atoms with Gasteiger partial charge in [-0.3, -0.25) is 9.59 Å². The summed E-state index contributed by atoms with van der Waals surface area (Å²) in [6.07, 6.45) is 1.74. The molecular formula is C25H30N2O5. The summed E-state index contributed by atoms with van der Waals surface area (Å²) in [5.74, 6) is 1.03. The highest BCUT2D eigenvalue weighted by molar-refractivity contribution is 5.95. The number of aromatic amines is 1. The molecule has 7 heteroatoms. The van der Waals surface area contributed by atoms with Crippen molar-refractivity contribution in [2.45, 2.75) is 33.2 Å². The molecule has 0 saturated carbocycles. The first-order valence-corrected chi connectivity index (χ1v) is 10.6. The van der Waals surface area contributed by atoms with Gasteiger partial charge in [0.25, 0.3) is 11.5 Å². The molecule has 0 radical (unpaired) electrons. The molecule has 3 rings (SSSR count). The molecule has 0 bridgehead atoms. The zero-order chi connectivity index (χ0) is 23.3. The number of para-hydroxylation sites is 1. The minimum atomic E-state index is -0.207. The van der Waals surface area contributed by atoms with Crippen LogP contribution in [0.5, 0.6) is 17.2 Å². The van der Waals surface area contributed by atoms with E-state index in [2.05, 4.69) is 11.9 Å². The predicted octanol–water partition coefficient (Wildman–Crippen LogP) is 4.30. The van der Waals surface area contributed by atoms with Crippen LogP contribution in [0.25, 0.3) is 10.9 Å². The second-order valence-electron chi connectivity index (χ2n) is 7.66. The molecule has 1 N–H and O–H groups in total. The number of H-pyrrole nitrogens is 1. The van der Waals surface area contributed by atoms with Crippen molar-refractivity contribution in [3.8, 4) is 17.2 Å². The van der Waals surface area contributed by atoms with Crippen LogP contribution in [-0.2, 0) is 6.54 Å². The summed E-state index contributed by atoms with van der Waals surface area (Å²) >= 11 is 0. The number of nitrogens with one attached hydrogen (secondary N) is 1. The van der Waals surface area contributed by atoms with Gasteiger partial charge >= 0.3 is 0 Å². The summed E-state index contributed by atoms with van der Waals surface area (Å²) in [7, 11) is 4.54. The van der Waals surface area contributed by atoms with E-state index in [0.717, 1.165) is 29.3 Å². The van der Waals surface area contributed by atoms with Crippen molar-refractivity contribution < 1.29 is 19.0 Å². The van der Waals surface area contributed by atoms with Gasteiger partial charge in [0.05, 0.1) is 33.4 Å². The van der Waals surface area contributed by atoms with Gasteiger partial charge in [-0.1, -0.05) is 31.5 Å². The third kappa shape index (κ3) is 4.72. The third-order valence-electron chi connectivity index (χ3n) is 5.51. The lowest BCUT2D eigenvalue weighted by atomic mass is 10.1. The number of rotatable bonds is 9. The number of carbonyl (C=O) groups excluding carboxylic acids is 1. The van der Waals surface area contributed by atoms with Crippen LogP contribution in [0, 0.1) is 6.92 Å². The van der Waals surface area contributed by atoms with Crippen LogP contribution in [-0.4, -0.2) is 43.7 Å². The third-order valence-corrected chi connectivity index (χ3v) is 5.51. The molecular weight excluding hydrogens is 408 g/mol. The predicted molar refractivity (Wildman–Crippen MR) is 125 cm³/mol. The standard InChI is InChI=1S/C25H30N2O5/c1-6-7-11-27(15-19-12-17-10-8-9-16(2)22(17)26-24(19)28)25(29)18-13-20(30-3)23(32-5)21(14-18)31-4/h8-10,12-14H,6-7,11,15H2,1-5H3,(H,26,28). The summed E-state index contributed by atoms with van der Waals surface area (Å²) < 4.78 is 16.2. The fourth-order valence-electron chi connectivity index (χ4n) is 3.74. The Morgan fingerprint density at radius 1 is 1.03 bits per heavy atom. The average Bonchev–Trinajstić information content (AvgIpc) is 2.81. The number of pyridine rings is 1. The molecule has 7 nitrogen and oxygen atoms in total. The molecule has 1 amide bonds. The van der Waals surface area contributed by atoms with Gasteiger partial charge in [0.1, 0.15) is 0 Å². The molecule has 0 saturated heterocycles. The maximum absolute atomic E-state index is 13.5. The molecule has 170 valence electrons. The molecule has 0 fully saturated rings. The summed E-state index contributed by atoms with van der Waals surface area (Å²) in [4.78, 5) is 30.9. The van der Waals surface area contributed by atoms with Crippen molar-refractivity contribution in [2.75, 3.05) is 27.9 Å². The fraction of sp³-hybridized carbons (Fsp3) is 0.360. The molecule has 0 atom stereocenters. The molecule has 3 aromatic rings. The first-order chi connectivity index (χ1) is 15.4. The van der Waals surface area contributed by atoms with Crippen molar-refractivity contribution in [1.82, 2.24) is 9.88 Å². The van der Waals surface area contributed by atoms with Crippen LogP contribution in [0.3, 0.4) is 0 Å². The number of aromatic nitrogens is 1. The smallest absolute Gasteiger partial charge is 0.254 e. The van der Waals surface area contributed by atoms with Gasteiger partial charge in [-0.25, -0.2) is 0 Å². The molecule has 0 aliphatic carbocycles. The SMILES string of the molecule is CCCCN(Cc1cc2cccc(C)c2[nH]c1=O)C(=O)c1cc(OC)c(OC)c(OC)c1. The molecule has 2 aromatic carbocycles. The van der Waals surface area contributed by atoms with Gasteiger partial charge < -0.3 is 24.1 Å². The number of methoxy groups -OCH3 is 3. The highest BCUT2D eigenvalue weighted by atomic mass is 16.5. The lowest BCUT2D eigenvalue weighted by Crippen LogP contribution is -2.33. The molecule has 1 aromatic heterocycles. The zero-order valence-corrected chi connectivity index (χ0v) is 19.3. The molecule has 32 heavy (non-hydrogen) atoms. The largest absolute Gasteiger partial charge is 0.493 e. The van der Waals surface area contributed by atoms with Gasteiger partial charge in [-0.15, -0.1) is 0 Å². The first-order valence-electron chi connectivity index (χ1n) is 10.6. The van der Waals surface area contributed by atoms with Gasteiger partial charge in [0, 0.05) is 17.7 Å². The minimum Gasteiger partial charge on any atom is -0.493 e. The van der Waals surface area contributed by atoms with E-state index >= 15 is 0 Å². The normalized spacial score (nSPS) is 10.8. The summed E-state index contributed by atoms with van der Waals surface area (Å²) in [5.41, 5.74) is 2.58. The first kappa shape index (κ1) is 23.2. The monoisotopic (exact) mass is 438 g/mol. The topological polar surface area (TPSA) is 80.9 Å². The van der Waals surface area contributed by atoms with Gasteiger partial charge in [-0.2, -0.15) is 0 Å². The number of ether oxygens (including phenoxy) is 3. The van der Waals surface area contributed by atoms with Crippen molar-refractivity contribution >= 4 is 16.8 Å². The number of amides is 1. The van der Waals surface area contributed by atoms with Crippen LogP contribution in [0.2, 0.25) is 0 Å². The van der Waals surface area contributed by atoms with Gasteiger partial charge in [0.15, 0.2) is 11.5 Å². The fourth-order valence-corrected chi connectivity index (χ4v) is 3.74. The maximum atomic E-state index is 13.5. The Hall–Kier alpha value is -3.48. The molecule has 0 unspecified atom stereocenters.